The van der Waals surface area contributed by atoms with Crippen molar-refractivity contribution in [3.05, 3.63) is 26.7 Å². The fraction of sp³-hybridized carbons (Fsp3) is 0.696. The monoisotopic (exact) mass is 475 g/mol. The first-order valence-electron chi connectivity index (χ1n) is 12.1. The smallest absolute Gasteiger partial charge is 0.332 e. The molecule has 3 fully saturated rings. The molecular formula is C23H33N5O6. The number of hydrogen-bond donors (Lipinski definition) is 4. The highest BCUT2D eigenvalue weighted by Crippen LogP contribution is 2.57. The predicted octanol–water partition coefficient (Wildman–Crippen LogP) is 0.860. The van der Waals surface area contributed by atoms with E-state index in [2.05, 4.69) is 10.3 Å². The number of aliphatic hydroxyl groups is 1. The van der Waals surface area contributed by atoms with E-state index in [0.29, 0.717) is 75.0 Å². The van der Waals surface area contributed by atoms with Crippen LogP contribution in [0.2, 0.25) is 0 Å². The summed E-state index contributed by atoms with van der Waals surface area (Å²) in [6.07, 6.45) is 5.09. The van der Waals surface area contributed by atoms with E-state index < -0.39 is 24.0 Å². The summed E-state index contributed by atoms with van der Waals surface area (Å²) >= 11 is 0. The average molecular weight is 476 g/mol. The molecule has 0 aliphatic heterocycles. The minimum atomic E-state index is -1.31. The minimum Gasteiger partial charge on any atom is -0.480 e. The van der Waals surface area contributed by atoms with Crippen molar-refractivity contribution in [1.82, 2.24) is 24.4 Å². The van der Waals surface area contributed by atoms with Gasteiger partial charge in [0.25, 0.3) is 5.56 Å². The lowest BCUT2D eigenvalue weighted by molar-refractivity contribution is -0.147. The van der Waals surface area contributed by atoms with Crippen LogP contribution in [0.25, 0.3) is 11.2 Å². The molecule has 2 aromatic rings. The average Bonchev–Trinajstić information content (AvgIpc) is 3.30. The second kappa shape index (κ2) is 9.01. The van der Waals surface area contributed by atoms with Gasteiger partial charge < -0.3 is 20.5 Å². The number of nitrogens with zero attached hydrogens (tertiary/aromatic N) is 3. The summed E-state index contributed by atoms with van der Waals surface area (Å²) in [7, 11) is 0. The van der Waals surface area contributed by atoms with E-state index in [-0.39, 0.29) is 22.6 Å². The van der Waals surface area contributed by atoms with Gasteiger partial charge in [-0.3, -0.25) is 18.7 Å². The summed E-state index contributed by atoms with van der Waals surface area (Å²) in [6.45, 7) is 4.05. The molecule has 1 amide bonds. The summed E-state index contributed by atoms with van der Waals surface area (Å²) in [5.41, 5.74) is -0.932. The standard InChI is InChI=1S/C23H33N5O6/c1-3-11-27-16-15(17(30)28(12-4-2)21(27)34)25-19(26-16)22-5-8-23(9-6-22,10-7-22)20(33)24-14(13-29)18(31)32/h14,29H,3-13H2,1-2H3,(H,24,33)(H,25,26)(H,31,32). The number of carbonyl (C=O) groups excluding carboxylic acids is 1. The fourth-order valence-corrected chi connectivity index (χ4v) is 5.64. The molecule has 34 heavy (non-hydrogen) atoms. The van der Waals surface area contributed by atoms with Crippen molar-refractivity contribution in [3.63, 3.8) is 0 Å². The molecule has 2 aromatic heterocycles. The van der Waals surface area contributed by atoms with Crippen molar-refractivity contribution in [2.45, 2.75) is 89.8 Å². The molecule has 186 valence electrons. The van der Waals surface area contributed by atoms with Gasteiger partial charge in [-0.2, -0.15) is 0 Å². The zero-order chi connectivity index (χ0) is 24.7. The summed E-state index contributed by atoms with van der Waals surface area (Å²) in [6, 6.07) is -1.31. The molecule has 3 aliphatic rings. The van der Waals surface area contributed by atoms with Crippen LogP contribution >= 0.6 is 0 Å². The fourth-order valence-electron chi connectivity index (χ4n) is 5.64. The van der Waals surface area contributed by atoms with Gasteiger partial charge in [-0.1, -0.05) is 13.8 Å². The lowest BCUT2D eigenvalue weighted by Crippen LogP contribution is -2.55. The number of amides is 1. The topological polar surface area (TPSA) is 159 Å². The molecule has 2 heterocycles. The number of aliphatic hydroxyl groups excluding tert-OH is 1. The number of fused-ring (bicyclic) bond motifs is 4. The third-order valence-corrected chi connectivity index (χ3v) is 7.77. The minimum absolute atomic E-state index is 0.320. The number of nitrogens with one attached hydrogen (secondary N) is 2. The number of aromatic amines is 1. The predicted molar refractivity (Wildman–Crippen MR) is 124 cm³/mol. The number of hydrogen-bond acceptors (Lipinski definition) is 6. The zero-order valence-electron chi connectivity index (χ0n) is 19.7. The zero-order valence-corrected chi connectivity index (χ0v) is 19.7. The van der Waals surface area contributed by atoms with Crippen molar-refractivity contribution in [1.29, 1.82) is 0 Å². The highest BCUT2D eigenvalue weighted by atomic mass is 16.4. The first-order valence-corrected chi connectivity index (χ1v) is 12.1. The largest absolute Gasteiger partial charge is 0.480 e. The van der Waals surface area contributed by atoms with Gasteiger partial charge in [0.2, 0.25) is 5.91 Å². The van der Waals surface area contributed by atoms with Gasteiger partial charge in [-0.15, -0.1) is 0 Å². The second-order valence-electron chi connectivity index (χ2n) is 9.78. The van der Waals surface area contributed by atoms with Crippen molar-refractivity contribution in [2.24, 2.45) is 5.41 Å². The molecule has 11 nitrogen and oxygen atoms in total. The summed E-state index contributed by atoms with van der Waals surface area (Å²) in [5.74, 6) is -0.904. The van der Waals surface area contributed by atoms with E-state index in [1.54, 1.807) is 4.57 Å². The van der Waals surface area contributed by atoms with Gasteiger partial charge in [0, 0.05) is 23.9 Å². The quantitative estimate of drug-likeness (QED) is 0.418. The molecule has 4 N–H and O–H groups in total. The van der Waals surface area contributed by atoms with Gasteiger partial charge in [0.1, 0.15) is 17.4 Å². The van der Waals surface area contributed by atoms with Crippen LogP contribution in [0.3, 0.4) is 0 Å². The first-order chi connectivity index (χ1) is 16.2. The maximum Gasteiger partial charge on any atom is 0.332 e. The number of rotatable bonds is 9. The first kappa shape index (κ1) is 24.2. The molecule has 0 saturated heterocycles. The molecule has 0 spiro atoms. The van der Waals surface area contributed by atoms with Crippen LogP contribution in [0.4, 0.5) is 0 Å². The Morgan fingerprint density at radius 2 is 1.65 bits per heavy atom. The summed E-state index contributed by atoms with van der Waals surface area (Å²) in [4.78, 5) is 58.3. The third kappa shape index (κ3) is 3.75. The number of aliphatic carboxylic acids is 1. The lowest BCUT2D eigenvalue weighted by Gasteiger charge is -2.51. The Kier molecular flexibility index (Phi) is 6.41. The van der Waals surface area contributed by atoms with Crippen LogP contribution in [0.5, 0.6) is 0 Å². The van der Waals surface area contributed by atoms with Gasteiger partial charge >= 0.3 is 11.7 Å². The number of carbonyl (C=O) groups is 2. The Bertz CT molecular complexity index is 1200. The molecule has 1 unspecified atom stereocenters. The maximum atomic E-state index is 13.1. The molecule has 3 aliphatic carbocycles. The Morgan fingerprint density at radius 1 is 1.06 bits per heavy atom. The summed E-state index contributed by atoms with van der Waals surface area (Å²) in [5, 5.41) is 20.9. The SMILES string of the molecule is CCCn1c(=O)c2[nH]c(C34CCC(C(=O)NC(CO)C(=O)O)(CC3)CC4)nc2n(CCC)c1=O. The van der Waals surface area contributed by atoms with E-state index in [9.17, 15) is 24.3 Å². The van der Waals surface area contributed by atoms with E-state index >= 15 is 0 Å². The highest BCUT2D eigenvalue weighted by molar-refractivity contribution is 5.88. The molecule has 0 radical (unpaired) electrons. The van der Waals surface area contributed by atoms with Gasteiger partial charge in [-0.25, -0.2) is 14.6 Å². The number of carboxylic acid groups (broad SMARTS) is 1. The van der Waals surface area contributed by atoms with Crippen LogP contribution in [-0.4, -0.2) is 53.8 Å². The Morgan fingerprint density at radius 3 is 2.18 bits per heavy atom. The molecule has 1 atom stereocenters. The van der Waals surface area contributed by atoms with Crippen molar-refractivity contribution >= 4 is 23.0 Å². The van der Waals surface area contributed by atoms with Gasteiger partial charge in [0.05, 0.1) is 6.61 Å². The summed E-state index contributed by atoms with van der Waals surface area (Å²) < 4.78 is 2.85. The molecular weight excluding hydrogens is 442 g/mol. The van der Waals surface area contributed by atoms with Gasteiger partial charge in [-0.05, 0) is 51.4 Å². The third-order valence-electron chi connectivity index (χ3n) is 7.77. The molecule has 0 aromatic carbocycles. The van der Waals surface area contributed by atoms with E-state index in [0.717, 1.165) is 6.42 Å². The van der Waals surface area contributed by atoms with Gasteiger partial charge in [0.15, 0.2) is 5.65 Å². The van der Waals surface area contributed by atoms with E-state index in [1.165, 1.54) is 4.57 Å². The van der Waals surface area contributed by atoms with Crippen LogP contribution in [0, 0.1) is 5.41 Å². The Balaban J connectivity index is 1.66. The number of aromatic nitrogens is 4. The van der Waals surface area contributed by atoms with Crippen molar-refractivity contribution in [3.8, 4) is 0 Å². The Labute approximate surface area is 196 Å². The van der Waals surface area contributed by atoms with Crippen LogP contribution in [-0.2, 0) is 28.1 Å². The van der Waals surface area contributed by atoms with Crippen LogP contribution in [0.15, 0.2) is 9.59 Å². The van der Waals surface area contributed by atoms with Crippen molar-refractivity contribution < 1.29 is 19.8 Å². The second-order valence-corrected chi connectivity index (χ2v) is 9.78. The van der Waals surface area contributed by atoms with Crippen molar-refractivity contribution in [2.75, 3.05) is 6.61 Å². The van der Waals surface area contributed by atoms with Crippen LogP contribution < -0.4 is 16.6 Å². The van der Waals surface area contributed by atoms with E-state index in [1.807, 2.05) is 13.8 Å². The molecule has 5 rings (SSSR count). The lowest BCUT2D eigenvalue weighted by atomic mass is 9.53. The molecule has 3 saturated carbocycles. The molecule has 2 bridgehead atoms. The Hall–Kier alpha value is -2.95. The number of carboxylic acids is 1. The number of imidazole rings is 1. The van der Waals surface area contributed by atoms with E-state index in [4.69, 9.17) is 10.1 Å². The number of aryl methyl sites for hydroxylation is 1. The highest BCUT2D eigenvalue weighted by Gasteiger charge is 2.54. The maximum absolute atomic E-state index is 13.1. The number of H-pyrrole nitrogens is 1. The van der Waals surface area contributed by atoms with Crippen LogP contribution in [0.1, 0.15) is 71.0 Å². The normalized spacial score (nSPS) is 24.9. The molecule has 11 heteroatoms.